The average molecular weight is 391 g/mol. The molecule has 8 heteroatoms. The summed E-state index contributed by atoms with van der Waals surface area (Å²) in [4.78, 5) is 24.3. The summed E-state index contributed by atoms with van der Waals surface area (Å²) in [6.07, 6.45) is 1.58. The number of benzene rings is 2. The minimum absolute atomic E-state index is 0.0370. The van der Waals surface area contributed by atoms with Gasteiger partial charge in [-0.1, -0.05) is 18.2 Å². The topological polar surface area (TPSA) is 89.5 Å². The number of ketones is 1. The average Bonchev–Trinajstić information content (AvgIpc) is 3.43. The molecule has 2 aromatic rings. The predicted molar refractivity (Wildman–Crippen MR) is 95.5 cm³/mol. The van der Waals surface area contributed by atoms with E-state index in [0.29, 0.717) is 5.56 Å². The molecule has 0 spiro atoms. The van der Waals surface area contributed by atoms with Gasteiger partial charge < -0.3 is 4.74 Å². The van der Waals surface area contributed by atoms with Crippen molar-refractivity contribution in [2.45, 2.75) is 30.7 Å². The van der Waals surface area contributed by atoms with Crippen LogP contribution >= 0.6 is 0 Å². The highest BCUT2D eigenvalue weighted by Crippen LogP contribution is 2.23. The monoisotopic (exact) mass is 391 g/mol. The normalized spacial score (nSPS) is 14.0. The van der Waals surface area contributed by atoms with Gasteiger partial charge in [0.05, 0.1) is 16.0 Å². The number of halogens is 1. The fourth-order valence-electron chi connectivity index (χ4n) is 2.45. The summed E-state index contributed by atoms with van der Waals surface area (Å²) in [6.45, 7) is 0.983. The second-order valence-corrected chi connectivity index (χ2v) is 8.07. The number of rotatable bonds is 7. The van der Waals surface area contributed by atoms with E-state index in [-0.39, 0.29) is 22.1 Å². The molecule has 0 unspecified atom stereocenters. The van der Waals surface area contributed by atoms with Crippen LogP contribution in [0.15, 0.2) is 47.4 Å². The standard InChI is InChI=1S/C19H18FNO5S/c1-12-6-9-14(27(24,25)21-13-7-8-13)10-16(12)19(23)26-11-18(22)15-4-2-3-5-17(15)20/h2-6,9-10,13,21H,7-8,11H2,1H3. The van der Waals surface area contributed by atoms with Crippen LogP contribution in [0.5, 0.6) is 0 Å². The van der Waals surface area contributed by atoms with Crippen molar-refractivity contribution in [3.8, 4) is 0 Å². The second kappa shape index (κ2) is 7.58. The van der Waals surface area contributed by atoms with Crippen LogP contribution < -0.4 is 4.72 Å². The Bertz CT molecular complexity index is 999. The number of nitrogens with one attached hydrogen (secondary N) is 1. The molecule has 1 saturated carbocycles. The first-order valence-electron chi connectivity index (χ1n) is 8.36. The highest BCUT2D eigenvalue weighted by molar-refractivity contribution is 7.89. The molecule has 0 aromatic heterocycles. The molecule has 1 fully saturated rings. The van der Waals surface area contributed by atoms with E-state index in [2.05, 4.69) is 4.72 Å². The Balaban J connectivity index is 1.73. The van der Waals surface area contributed by atoms with Crippen molar-refractivity contribution < 1.29 is 27.1 Å². The molecule has 6 nitrogen and oxygen atoms in total. The lowest BCUT2D eigenvalue weighted by Gasteiger charge is -2.10. The molecular weight excluding hydrogens is 373 g/mol. The van der Waals surface area contributed by atoms with Crippen molar-refractivity contribution >= 4 is 21.8 Å². The first-order valence-corrected chi connectivity index (χ1v) is 9.84. The number of esters is 1. The van der Waals surface area contributed by atoms with Crippen molar-refractivity contribution in [2.75, 3.05) is 6.61 Å². The summed E-state index contributed by atoms with van der Waals surface area (Å²) in [5, 5.41) is 0. The van der Waals surface area contributed by atoms with Crippen LogP contribution in [0.2, 0.25) is 0 Å². The number of carbonyl (C=O) groups is 2. The highest BCUT2D eigenvalue weighted by Gasteiger charge is 2.28. The first kappa shape index (κ1) is 19.2. The van der Waals surface area contributed by atoms with E-state index in [1.54, 1.807) is 6.92 Å². The van der Waals surface area contributed by atoms with Gasteiger partial charge in [-0.25, -0.2) is 22.3 Å². The van der Waals surface area contributed by atoms with Crippen molar-refractivity contribution in [1.29, 1.82) is 0 Å². The van der Waals surface area contributed by atoms with Crippen LogP contribution in [0.1, 0.15) is 39.1 Å². The molecule has 0 atom stereocenters. The maximum absolute atomic E-state index is 13.6. The number of ether oxygens (including phenoxy) is 1. The van der Waals surface area contributed by atoms with Gasteiger partial charge in [0, 0.05) is 6.04 Å². The molecule has 0 aliphatic heterocycles. The van der Waals surface area contributed by atoms with Gasteiger partial charge in [0.1, 0.15) is 5.82 Å². The zero-order valence-corrected chi connectivity index (χ0v) is 15.4. The molecule has 1 aliphatic carbocycles. The number of carbonyl (C=O) groups excluding carboxylic acids is 2. The number of hydrogen-bond acceptors (Lipinski definition) is 5. The van der Waals surface area contributed by atoms with Crippen molar-refractivity contribution in [3.63, 3.8) is 0 Å². The van der Waals surface area contributed by atoms with Gasteiger partial charge in [-0.15, -0.1) is 0 Å². The lowest BCUT2D eigenvalue weighted by Crippen LogP contribution is -2.26. The lowest BCUT2D eigenvalue weighted by atomic mass is 10.1. The van der Waals surface area contributed by atoms with E-state index in [0.717, 1.165) is 18.9 Å². The van der Waals surface area contributed by atoms with Crippen molar-refractivity contribution in [3.05, 3.63) is 65.0 Å². The molecule has 2 aromatic carbocycles. The molecule has 0 heterocycles. The molecule has 1 aliphatic rings. The largest absolute Gasteiger partial charge is 0.454 e. The molecule has 142 valence electrons. The molecule has 0 saturated heterocycles. The Morgan fingerprint density at radius 1 is 1.15 bits per heavy atom. The van der Waals surface area contributed by atoms with E-state index < -0.39 is 34.2 Å². The van der Waals surface area contributed by atoms with Crippen LogP contribution in [0, 0.1) is 12.7 Å². The summed E-state index contributed by atoms with van der Waals surface area (Å²) in [5.41, 5.74) is 0.366. The Labute approximate surface area is 156 Å². The van der Waals surface area contributed by atoms with Gasteiger partial charge >= 0.3 is 5.97 Å². The van der Waals surface area contributed by atoms with Gasteiger partial charge in [-0.05, 0) is 49.6 Å². The fraction of sp³-hybridized carbons (Fsp3) is 0.263. The first-order chi connectivity index (χ1) is 12.8. The number of aryl methyl sites for hydroxylation is 1. The summed E-state index contributed by atoms with van der Waals surface area (Å²) < 4.78 is 45.7. The maximum Gasteiger partial charge on any atom is 0.338 e. The molecule has 0 amide bonds. The van der Waals surface area contributed by atoms with Crippen LogP contribution in [0.25, 0.3) is 0 Å². The number of sulfonamides is 1. The Morgan fingerprint density at radius 3 is 2.52 bits per heavy atom. The molecule has 1 N–H and O–H groups in total. The van der Waals surface area contributed by atoms with Crippen LogP contribution in [0.3, 0.4) is 0 Å². The SMILES string of the molecule is Cc1ccc(S(=O)(=O)NC2CC2)cc1C(=O)OCC(=O)c1ccccc1F. The van der Waals surface area contributed by atoms with Crippen molar-refractivity contribution in [1.82, 2.24) is 4.72 Å². The van der Waals surface area contributed by atoms with Gasteiger partial charge in [0.25, 0.3) is 0 Å². The summed E-state index contributed by atoms with van der Waals surface area (Å²) >= 11 is 0. The van der Waals surface area contributed by atoms with E-state index in [4.69, 9.17) is 4.74 Å². The molecule has 0 bridgehead atoms. The zero-order chi connectivity index (χ0) is 19.6. The summed E-state index contributed by atoms with van der Waals surface area (Å²) in [6, 6.07) is 9.44. The number of Topliss-reactive ketones (excluding diaryl/α,β-unsaturated/α-hetero) is 1. The third-order valence-electron chi connectivity index (χ3n) is 4.15. The minimum Gasteiger partial charge on any atom is -0.454 e. The van der Waals surface area contributed by atoms with Gasteiger partial charge in [0.15, 0.2) is 6.61 Å². The van der Waals surface area contributed by atoms with Gasteiger partial charge in [0.2, 0.25) is 15.8 Å². The molecule has 0 radical (unpaired) electrons. The molecule has 3 rings (SSSR count). The maximum atomic E-state index is 13.6. The van der Waals surface area contributed by atoms with E-state index in [1.165, 1.54) is 36.4 Å². The highest BCUT2D eigenvalue weighted by atomic mass is 32.2. The Kier molecular flexibility index (Phi) is 5.38. The lowest BCUT2D eigenvalue weighted by molar-refractivity contribution is 0.0472. The third-order valence-corrected chi connectivity index (χ3v) is 5.67. The number of hydrogen-bond donors (Lipinski definition) is 1. The van der Waals surface area contributed by atoms with E-state index in [1.807, 2.05) is 0 Å². The molecular formula is C19H18FNO5S. The van der Waals surface area contributed by atoms with Gasteiger partial charge in [-0.3, -0.25) is 4.79 Å². The smallest absolute Gasteiger partial charge is 0.338 e. The second-order valence-electron chi connectivity index (χ2n) is 6.35. The van der Waals surface area contributed by atoms with Crippen LogP contribution in [-0.2, 0) is 14.8 Å². The Hall–Kier alpha value is -2.58. The van der Waals surface area contributed by atoms with Crippen molar-refractivity contribution in [2.24, 2.45) is 0 Å². The Morgan fingerprint density at radius 2 is 1.85 bits per heavy atom. The van der Waals surface area contributed by atoms with Gasteiger partial charge in [-0.2, -0.15) is 0 Å². The van der Waals surface area contributed by atoms with Crippen LogP contribution in [-0.4, -0.2) is 32.8 Å². The van der Waals surface area contributed by atoms with E-state index >= 15 is 0 Å². The molecule has 27 heavy (non-hydrogen) atoms. The quantitative estimate of drug-likeness (QED) is 0.579. The summed E-state index contributed by atoms with van der Waals surface area (Å²) in [7, 11) is -3.72. The fourth-order valence-corrected chi connectivity index (χ4v) is 3.78. The minimum atomic E-state index is -3.72. The van der Waals surface area contributed by atoms with E-state index in [9.17, 15) is 22.4 Å². The van der Waals surface area contributed by atoms with Crippen LogP contribution in [0.4, 0.5) is 4.39 Å². The zero-order valence-electron chi connectivity index (χ0n) is 14.6. The summed E-state index contributed by atoms with van der Waals surface area (Å²) in [5.74, 6) is -2.23. The third kappa shape index (κ3) is 4.58. The predicted octanol–water partition coefficient (Wildman–Crippen LogP) is 2.61.